The number of rotatable bonds is 4. The Kier molecular flexibility index (Phi) is 4.09. The maximum absolute atomic E-state index is 10.5. The minimum atomic E-state index is -0.753. The zero-order chi connectivity index (χ0) is 12.1. The Bertz CT molecular complexity index is 440. The molecule has 1 aliphatic heterocycles. The fourth-order valence-electron chi connectivity index (χ4n) is 1.65. The standard InChI is InChI=1S/C13H14O3S/c14-13(15)7-9-17-12-6-3-8-16-11-5-2-1-4-10(11)12/h1-2,4-6H,3,7-9H2,(H,14,15). The summed E-state index contributed by atoms with van der Waals surface area (Å²) in [4.78, 5) is 11.6. The van der Waals surface area contributed by atoms with Gasteiger partial charge in [0.25, 0.3) is 0 Å². The van der Waals surface area contributed by atoms with Gasteiger partial charge in [0.05, 0.1) is 13.0 Å². The minimum Gasteiger partial charge on any atom is -0.493 e. The molecule has 0 bridgehead atoms. The van der Waals surface area contributed by atoms with E-state index in [1.54, 1.807) is 11.8 Å². The van der Waals surface area contributed by atoms with Crippen molar-refractivity contribution in [2.24, 2.45) is 0 Å². The molecule has 0 atom stereocenters. The molecule has 1 aliphatic rings. The van der Waals surface area contributed by atoms with E-state index in [1.807, 2.05) is 24.3 Å². The molecule has 0 amide bonds. The van der Waals surface area contributed by atoms with Gasteiger partial charge in [-0.1, -0.05) is 24.3 Å². The first-order valence-electron chi connectivity index (χ1n) is 5.54. The molecular weight excluding hydrogens is 236 g/mol. The zero-order valence-corrected chi connectivity index (χ0v) is 10.2. The summed E-state index contributed by atoms with van der Waals surface area (Å²) in [7, 11) is 0. The van der Waals surface area contributed by atoms with Crippen molar-refractivity contribution in [3.05, 3.63) is 35.9 Å². The molecule has 0 spiro atoms. The van der Waals surface area contributed by atoms with Gasteiger partial charge in [-0.25, -0.2) is 0 Å². The van der Waals surface area contributed by atoms with Crippen LogP contribution in [0, 0.1) is 0 Å². The number of ether oxygens (including phenoxy) is 1. The highest BCUT2D eigenvalue weighted by molar-refractivity contribution is 8.08. The normalized spacial score (nSPS) is 14.2. The number of thioether (sulfide) groups is 1. The van der Waals surface area contributed by atoms with E-state index in [4.69, 9.17) is 9.84 Å². The summed E-state index contributed by atoms with van der Waals surface area (Å²) in [6, 6.07) is 7.88. The monoisotopic (exact) mass is 250 g/mol. The molecule has 1 heterocycles. The fourth-order valence-corrected chi connectivity index (χ4v) is 2.71. The van der Waals surface area contributed by atoms with Gasteiger partial charge in [0, 0.05) is 22.6 Å². The van der Waals surface area contributed by atoms with E-state index in [0.29, 0.717) is 12.4 Å². The smallest absolute Gasteiger partial charge is 0.304 e. The Morgan fingerprint density at radius 3 is 3.06 bits per heavy atom. The van der Waals surface area contributed by atoms with Gasteiger partial charge in [-0.3, -0.25) is 4.79 Å². The predicted octanol–water partition coefficient (Wildman–Crippen LogP) is 3.02. The number of benzene rings is 1. The minimum absolute atomic E-state index is 0.186. The second kappa shape index (κ2) is 5.77. The third-order valence-corrected chi connectivity index (χ3v) is 3.54. The third kappa shape index (κ3) is 3.27. The molecule has 2 rings (SSSR count). The average molecular weight is 250 g/mol. The summed E-state index contributed by atoms with van der Waals surface area (Å²) in [6.45, 7) is 0.681. The summed E-state index contributed by atoms with van der Waals surface area (Å²) in [5, 5.41) is 8.64. The van der Waals surface area contributed by atoms with Crippen LogP contribution in [0.15, 0.2) is 30.3 Å². The third-order valence-electron chi connectivity index (χ3n) is 2.43. The van der Waals surface area contributed by atoms with Crippen LogP contribution < -0.4 is 4.74 Å². The number of carbonyl (C=O) groups is 1. The lowest BCUT2D eigenvalue weighted by atomic mass is 10.2. The van der Waals surface area contributed by atoms with Crippen molar-refractivity contribution in [3.63, 3.8) is 0 Å². The lowest BCUT2D eigenvalue weighted by molar-refractivity contribution is -0.136. The van der Waals surface area contributed by atoms with Crippen LogP contribution in [0.2, 0.25) is 0 Å². The molecule has 90 valence electrons. The number of para-hydroxylation sites is 1. The van der Waals surface area contributed by atoms with E-state index in [9.17, 15) is 4.79 Å². The van der Waals surface area contributed by atoms with Crippen LogP contribution in [0.4, 0.5) is 0 Å². The Morgan fingerprint density at radius 1 is 1.41 bits per heavy atom. The molecule has 1 N–H and O–H groups in total. The molecule has 17 heavy (non-hydrogen) atoms. The van der Waals surface area contributed by atoms with Crippen LogP contribution in [-0.4, -0.2) is 23.4 Å². The number of hydrogen-bond acceptors (Lipinski definition) is 3. The fraction of sp³-hybridized carbons (Fsp3) is 0.308. The quantitative estimate of drug-likeness (QED) is 0.892. The van der Waals surface area contributed by atoms with E-state index in [0.717, 1.165) is 22.6 Å². The summed E-state index contributed by atoms with van der Waals surface area (Å²) < 4.78 is 5.62. The molecule has 0 aliphatic carbocycles. The predicted molar refractivity (Wildman–Crippen MR) is 69.2 cm³/mol. The van der Waals surface area contributed by atoms with Crippen molar-refractivity contribution in [2.75, 3.05) is 12.4 Å². The van der Waals surface area contributed by atoms with E-state index in [-0.39, 0.29) is 6.42 Å². The molecule has 0 radical (unpaired) electrons. The maximum atomic E-state index is 10.5. The van der Waals surface area contributed by atoms with E-state index < -0.39 is 5.97 Å². The second-order valence-electron chi connectivity index (χ2n) is 3.69. The van der Waals surface area contributed by atoms with Gasteiger partial charge >= 0.3 is 5.97 Å². The molecule has 1 aromatic rings. The lowest BCUT2D eigenvalue weighted by Crippen LogP contribution is -1.96. The molecule has 1 aromatic carbocycles. The Labute approximate surface area is 104 Å². The van der Waals surface area contributed by atoms with Crippen LogP contribution in [0.3, 0.4) is 0 Å². The SMILES string of the molecule is O=C(O)CCSC1=CCCOc2ccccc21. The Morgan fingerprint density at radius 2 is 2.24 bits per heavy atom. The first kappa shape index (κ1) is 12.0. The molecule has 3 nitrogen and oxygen atoms in total. The largest absolute Gasteiger partial charge is 0.493 e. The molecule has 0 saturated carbocycles. The zero-order valence-electron chi connectivity index (χ0n) is 9.39. The van der Waals surface area contributed by atoms with Crippen LogP contribution in [-0.2, 0) is 4.79 Å². The summed E-state index contributed by atoms with van der Waals surface area (Å²) in [5.74, 6) is 0.727. The molecule has 0 aromatic heterocycles. The van der Waals surface area contributed by atoms with Crippen molar-refractivity contribution in [1.29, 1.82) is 0 Å². The molecule has 0 saturated heterocycles. The number of aliphatic carboxylic acids is 1. The van der Waals surface area contributed by atoms with E-state index in [2.05, 4.69) is 6.08 Å². The van der Waals surface area contributed by atoms with Crippen molar-refractivity contribution < 1.29 is 14.6 Å². The van der Waals surface area contributed by atoms with Gasteiger partial charge in [0.2, 0.25) is 0 Å². The van der Waals surface area contributed by atoms with Gasteiger partial charge in [-0.2, -0.15) is 0 Å². The van der Waals surface area contributed by atoms with E-state index in [1.165, 1.54) is 0 Å². The number of fused-ring (bicyclic) bond motifs is 1. The first-order valence-corrected chi connectivity index (χ1v) is 6.53. The Hall–Kier alpha value is -1.42. The molecule has 4 heteroatoms. The Balaban J connectivity index is 2.11. The van der Waals surface area contributed by atoms with Gasteiger partial charge in [0.15, 0.2) is 0 Å². The summed E-state index contributed by atoms with van der Waals surface area (Å²) in [5.41, 5.74) is 1.07. The number of hydrogen-bond donors (Lipinski definition) is 1. The highest BCUT2D eigenvalue weighted by Gasteiger charge is 2.12. The highest BCUT2D eigenvalue weighted by atomic mass is 32.2. The average Bonchev–Trinajstić information content (AvgIpc) is 2.52. The van der Waals surface area contributed by atoms with Crippen molar-refractivity contribution in [3.8, 4) is 5.75 Å². The van der Waals surface area contributed by atoms with Crippen LogP contribution in [0.5, 0.6) is 5.75 Å². The van der Waals surface area contributed by atoms with Gasteiger partial charge in [-0.15, -0.1) is 11.8 Å². The van der Waals surface area contributed by atoms with Gasteiger partial charge in [0.1, 0.15) is 5.75 Å². The number of carboxylic acid groups (broad SMARTS) is 1. The van der Waals surface area contributed by atoms with Gasteiger partial charge < -0.3 is 9.84 Å². The highest BCUT2D eigenvalue weighted by Crippen LogP contribution is 2.36. The van der Waals surface area contributed by atoms with Crippen molar-refractivity contribution in [1.82, 2.24) is 0 Å². The molecule has 0 unspecified atom stereocenters. The van der Waals surface area contributed by atoms with Crippen LogP contribution >= 0.6 is 11.8 Å². The van der Waals surface area contributed by atoms with Crippen molar-refractivity contribution in [2.45, 2.75) is 12.8 Å². The second-order valence-corrected chi connectivity index (χ2v) is 4.83. The molecule has 0 fully saturated rings. The van der Waals surface area contributed by atoms with E-state index >= 15 is 0 Å². The molecular formula is C13H14O3S. The maximum Gasteiger partial charge on any atom is 0.304 e. The lowest BCUT2D eigenvalue weighted by Gasteiger charge is -2.09. The first-order chi connectivity index (χ1) is 8.27. The van der Waals surface area contributed by atoms with Crippen molar-refractivity contribution >= 4 is 22.6 Å². The number of carboxylic acids is 1. The summed E-state index contributed by atoms with van der Waals surface area (Å²) >= 11 is 1.58. The van der Waals surface area contributed by atoms with Crippen LogP contribution in [0.1, 0.15) is 18.4 Å². The topological polar surface area (TPSA) is 46.5 Å². The van der Waals surface area contributed by atoms with Crippen LogP contribution in [0.25, 0.3) is 4.91 Å². The summed E-state index contributed by atoms with van der Waals surface area (Å²) in [6.07, 6.45) is 3.17. The van der Waals surface area contributed by atoms with Gasteiger partial charge in [-0.05, 0) is 6.07 Å².